The monoisotopic (exact) mass is 313 g/mol. The molecule has 2 heterocycles. The van der Waals surface area contributed by atoms with Crippen molar-refractivity contribution in [3.8, 4) is 0 Å². The Kier molecular flexibility index (Phi) is 3.85. The second kappa shape index (κ2) is 5.22. The van der Waals surface area contributed by atoms with Gasteiger partial charge in [0.05, 0.1) is 15.9 Å². The number of amides is 1. The summed E-state index contributed by atoms with van der Waals surface area (Å²) in [6.07, 6.45) is 0.957. The predicted molar refractivity (Wildman–Crippen MR) is 70.2 cm³/mol. The minimum absolute atomic E-state index is 0.0283. The molecule has 0 N–H and O–H groups in total. The van der Waals surface area contributed by atoms with Crippen molar-refractivity contribution >= 4 is 27.6 Å². The number of halogens is 1. The van der Waals surface area contributed by atoms with Crippen molar-refractivity contribution in [2.45, 2.75) is 33.2 Å². The van der Waals surface area contributed by atoms with Gasteiger partial charge >= 0.3 is 0 Å². The molecule has 0 aliphatic carbocycles. The van der Waals surface area contributed by atoms with Crippen LogP contribution in [0.25, 0.3) is 0 Å². The third-order valence-corrected chi connectivity index (χ3v) is 4.40. The molecule has 6 heteroatoms. The zero-order valence-corrected chi connectivity index (χ0v) is 12.2. The zero-order valence-electron chi connectivity index (χ0n) is 10.6. The van der Waals surface area contributed by atoms with Crippen LogP contribution in [0.15, 0.2) is 4.47 Å². The number of carbonyl (C=O) groups excluding carboxylic acids is 2. The minimum Gasteiger partial charge on any atom is -0.340 e. The van der Waals surface area contributed by atoms with Crippen LogP contribution >= 0.6 is 15.9 Å². The van der Waals surface area contributed by atoms with Gasteiger partial charge in [0.1, 0.15) is 12.3 Å². The number of Topliss-reactive ketones (excluding diaryl/α,β-unsaturated/α-hetero) is 1. The number of aromatic nitrogens is 2. The molecule has 1 saturated heterocycles. The summed E-state index contributed by atoms with van der Waals surface area (Å²) in [6.45, 7) is 5.15. The van der Waals surface area contributed by atoms with Gasteiger partial charge in [-0.1, -0.05) is 0 Å². The Bertz CT molecular complexity index is 486. The Morgan fingerprint density at radius 1 is 1.33 bits per heavy atom. The molecule has 1 aliphatic rings. The standard InChI is InChI=1S/C12H16BrN3O2/c1-8-12(13)9(2)16(14-8)7-11(18)15-5-3-10(17)4-6-15/h3-7H2,1-2H3. The van der Waals surface area contributed by atoms with Crippen LogP contribution in [0.3, 0.4) is 0 Å². The molecular weight excluding hydrogens is 298 g/mol. The number of hydrogen-bond donors (Lipinski definition) is 0. The van der Waals surface area contributed by atoms with Crippen molar-refractivity contribution in [3.63, 3.8) is 0 Å². The molecule has 5 nitrogen and oxygen atoms in total. The van der Waals surface area contributed by atoms with Crippen LogP contribution < -0.4 is 0 Å². The van der Waals surface area contributed by atoms with E-state index in [0.29, 0.717) is 25.9 Å². The highest BCUT2D eigenvalue weighted by Gasteiger charge is 2.22. The van der Waals surface area contributed by atoms with Gasteiger partial charge in [0.2, 0.25) is 5.91 Å². The maximum absolute atomic E-state index is 12.1. The Hall–Kier alpha value is -1.17. The number of piperidine rings is 1. The molecule has 0 unspecified atom stereocenters. The number of aryl methyl sites for hydroxylation is 1. The van der Waals surface area contributed by atoms with E-state index >= 15 is 0 Å². The van der Waals surface area contributed by atoms with E-state index in [9.17, 15) is 9.59 Å². The van der Waals surface area contributed by atoms with Crippen LogP contribution in [0, 0.1) is 13.8 Å². The van der Waals surface area contributed by atoms with Gasteiger partial charge in [-0.3, -0.25) is 14.3 Å². The summed E-state index contributed by atoms with van der Waals surface area (Å²) >= 11 is 3.44. The third-order valence-electron chi connectivity index (χ3n) is 3.25. The summed E-state index contributed by atoms with van der Waals surface area (Å²) in [6, 6.07) is 0. The molecule has 18 heavy (non-hydrogen) atoms. The number of likely N-dealkylation sites (tertiary alicyclic amines) is 1. The highest BCUT2D eigenvalue weighted by Crippen LogP contribution is 2.20. The SMILES string of the molecule is Cc1nn(CC(=O)N2CCC(=O)CC2)c(C)c1Br. The smallest absolute Gasteiger partial charge is 0.244 e. The molecule has 0 spiro atoms. The van der Waals surface area contributed by atoms with Crippen LogP contribution in [0.1, 0.15) is 24.2 Å². The predicted octanol–water partition coefficient (Wildman–Crippen LogP) is 1.45. The molecule has 0 saturated carbocycles. The van der Waals surface area contributed by atoms with E-state index in [1.54, 1.807) is 9.58 Å². The van der Waals surface area contributed by atoms with Crippen molar-refractivity contribution in [2.24, 2.45) is 0 Å². The van der Waals surface area contributed by atoms with Gasteiger partial charge in [-0.2, -0.15) is 5.10 Å². The first-order chi connectivity index (χ1) is 8.49. The van der Waals surface area contributed by atoms with Crippen LogP contribution in [-0.4, -0.2) is 39.5 Å². The Morgan fingerprint density at radius 2 is 1.94 bits per heavy atom. The maximum atomic E-state index is 12.1. The van der Waals surface area contributed by atoms with Gasteiger partial charge < -0.3 is 4.90 Å². The lowest BCUT2D eigenvalue weighted by molar-refractivity contribution is -0.135. The summed E-state index contributed by atoms with van der Waals surface area (Å²) in [5.41, 5.74) is 1.84. The van der Waals surface area contributed by atoms with Gasteiger partial charge in [-0.05, 0) is 29.8 Å². The quantitative estimate of drug-likeness (QED) is 0.830. The van der Waals surface area contributed by atoms with Crippen molar-refractivity contribution < 1.29 is 9.59 Å². The highest BCUT2D eigenvalue weighted by atomic mass is 79.9. The molecule has 0 aromatic carbocycles. The fourth-order valence-corrected chi connectivity index (χ4v) is 2.35. The number of rotatable bonds is 2. The summed E-state index contributed by atoms with van der Waals surface area (Å²) in [4.78, 5) is 25.0. The normalized spacial score (nSPS) is 16.2. The molecule has 0 bridgehead atoms. The van der Waals surface area contributed by atoms with Gasteiger partial charge in [0, 0.05) is 25.9 Å². The summed E-state index contributed by atoms with van der Waals surface area (Å²) in [5.74, 6) is 0.272. The van der Waals surface area contributed by atoms with Gasteiger partial charge in [-0.15, -0.1) is 0 Å². The van der Waals surface area contributed by atoms with E-state index in [2.05, 4.69) is 21.0 Å². The van der Waals surface area contributed by atoms with E-state index < -0.39 is 0 Å². The molecule has 98 valence electrons. The summed E-state index contributed by atoms with van der Waals surface area (Å²) in [7, 11) is 0. The zero-order chi connectivity index (χ0) is 13.3. The molecule has 2 rings (SSSR count). The third kappa shape index (κ3) is 2.63. The number of ketones is 1. The molecule has 1 amide bonds. The lowest BCUT2D eigenvalue weighted by Gasteiger charge is -2.26. The van der Waals surface area contributed by atoms with E-state index in [4.69, 9.17) is 0 Å². The lowest BCUT2D eigenvalue weighted by atomic mass is 10.1. The molecule has 1 aliphatic heterocycles. The highest BCUT2D eigenvalue weighted by molar-refractivity contribution is 9.10. The van der Waals surface area contributed by atoms with Crippen LogP contribution in [0.2, 0.25) is 0 Å². The second-order valence-electron chi connectivity index (χ2n) is 4.56. The van der Waals surface area contributed by atoms with E-state index in [1.165, 1.54) is 0 Å². The fourth-order valence-electron chi connectivity index (χ4n) is 2.06. The topological polar surface area (TPSA) is 55.2 Å². The molecule has 1 aromatic rings. The van der Waals surface area contributed by atoms with Crippen LogP contribution in [0.5, 0.6) is 0 Å². The number of hydrogen-bond acceptors (Lipinski definition) is 3. The number of nitrogens with zero attached hydrogens (tertiary/aromatic N) is 3. The maximum Gasteiger partial charge on any atom is 0.244 e. The molecule has 1 fully saturated rings. The summed E-state index contributed by atoms with van der Waals surface area (Å²) < 4.78 is 2.65. The average Bonchev–Trinajstić information content (AvgIpc) is 2.58. The Morgan fingerprint density at radius 3 is 2.44 bits per heavy atom. The van der Waals surface area contributed by atoms with Crippen LogP contribution in [0.4, 0.5) is 0 Å². The Labute approximate surface area is 114 Å². The molecule has 0 radical (unpaired) electrons. The molecule has 0 atom stereocenters. The van der Waals surface area contributed by atoms with E-state index in [-0.39, 0.29) is 18.2 Å². The van der Waals surface area contributed by atoms with E-state index in [1.807, 2.05) is 13.8 Å². The van der Waals surface area contributed by atoms with Crippen molar-refractivity contribution in [1.82, 2.24) is 14.7 Å². The largest absolute Gasteiger partial charge is 0.340 e. The molecular formula is C12H16BrN3O2. The second-order valence-corrected chi connectivity index (χ2v) is 5.35. The van der Waals surface area contributed by atoms with E-state index in [0.717, 1.165) is 15.9 Å². The summed E-state index contributed by atoms with van der Waals surface area (Å²) in [5, 5.41) is 4.31. The van der Waals surface area contributed by atoms with Gasteiger partial charge in [0.15, 0.2) is 0 Å². The van der Waals surface area contributed by atoms with Crippen molar-refractivity contribution in [3.05, 3.63) is 15.9 Å². The van der Waals surface area contributed by atoms with Crippen molar-refractivity contribution in [1.29, 1.82) is 0 Å². The van der Waals surface area contributed by atoms with Crippen LogP contribution in [-0.2, 0) is 16.1 Å². The van der Waals surface area contributed by atoms with Crippen molar-refractivity contribution in [2.75, 3.05) is 13.1 Å². The van der Waals surface area contributed by atoms with Gasteiger partial charge in [0.25, 0.3) is 0 Å². The first kappa shape index (κ1) is 13.3. The Balaban J connectivity index is 2.03. The number of carbonyl (C=O) groups is 2. The lowest BCUT2D eigenvalue weighted by Crippen LogP contribution is -2.40. The molecule has 1 aromatic heterocycles. The minimum atomic E-state index is 0.0283. The first-order valence-corrected chi connectivity index (χ1v) is 6.77. The first-order valence-electron chi connectivity index (χ1n) is 5.98. The average molecular weight is 314 g/mol. The van der Waals surface area contributed by atoms with Gasteiger partial charge in [-0.25, -0.2) is 0 Å². The fraction of sp³-hybridized carbons (Fsp3) is 0.583.